The predicted molar refractivity (Wildman–Crippen MR) is 67.0 cm³/mol. The molecule has 0 bridgehead atoms. The summed E-state index contributed by atoms with van der Waals surface area (Å²) in [7, 11) is 1.83. The number of carbonyl (C=O) groups is 1. The van der Waals surface area contributed by atoms with Gasteiger partial charge in [0.15, 0.2) is 5.78 Å². The van der Waals surface area contributed by atoms with Gasteiger partial charge in [-0.3, -0.25) is 9.48 Å². The van der Waals surface area contributed by atoms with E-state index in [9.17, 15) is 9.18 Å². The van der Waals surface area contributed by atoms with E-state index in [0.29, 0.717) is 18.4 Å². The average molecular weight is 246 g/mol. The molecular weight excluding hydrogens is 231 g/mol. The Kier molecular flexibility index (Phi) is 3.55. The Morgan fingerprint density at radius 2 is 2.17 bits per heavy atom. The molecule has 0 amide bonds. The Hall–Kier alpha value is -1.97. The fraction of sp³-hybridized carbons (Fsp3) is 0.286. The number of carbonyl (C=O) groups excluding carboxylic acids is 1. The summed E-state index contributed by atoms with van der Waals surface area (Å²) in [6, 6.07) is 6.76. The summed E-state index contributed by atoms with van der Waals surface area (Å²) in [6.45, 7) is 1.66. The first-order chi connectivity index (χ1) is 8.59. The van der Waals surface area contributed by atoms with E-state index in [2.05, 4.69) is 5.10 Å². The molecule has 2 rings (SSSR count). The van der Waals surface area contributed by atoms with Crippen LogP contribution in [0.4, 0.5) is 4.39 Å². The van der Waals surface area contributed by atoms with E-state index in [0.717, 1.165) is 5.69 Å². The quantitative estimate of drug-likeness (QED) is 0.777. The number of aromatic nitrogens is 2. The van der Waals surface area contributed by atoms with Crippen molar-refractivity contribution in [1.29, 1.82) is 0 Å². The molecule has 2 aromatic rings. The maximum Gasteiger partial charge on any atom is 0.166 e. The molecule has 1 aromatic heterocycles. The number of aryl methyl sites for hydroxylation is 3. The monoisotopic (exact) mass is 246 g/mol. The lowest BCUT2D eigenvalue weighted by atomic mass is 10.0. The van der Waals surface area contributed by atoms with Crippen LogP contribution in [0.5, 0.6) is 0 Å². The highest BCUT2D eigenvalue weighted by Gasteiger charge is 2.13. The van der Waals surface area contributed by atoms with E-state index in [-0.39, 0.29) is 11.3 Å². The number of ketones is 1. The molecule has 0 N–H and O–H groups in total. The molecule has 0 spiro atoms. The molecule has 0 fully saturated rings. The van der Waals surface area contributed by atoms with Crippen molar-refractivity contribution in [2.24, 2.45) is 7.05 Å². The second-order valence-electron chi connectivity index (χ2n) is 4.31. The zero-order valence-electron chi connectivity index (χ0n) is 10.5. The second kappa shape index (κ2) is 5.12. The zero-order chi connectivity index (χ0) is 13.1. The molecule has 0 aliphatic heterocycles. The lowest BCUT2D eigenvalue weighted by Crippen LogP contribution is -2.07. The minimum atomic E-state index is -0.410. The van der Waals surface area contributed by atoms with Crippen molar-refractivity contribution in [3.63, 3.8) is 0 Å². The molecule has 1 aromatic carbocycles. The second-order valence-corrected chi connectivity index (χ2v) is 4.31. The SMILES string of the molecule is Cc1cccc(C(=O)CCc2ccnn2C)c1F. The largest absolute Gasteiger partial charge is 0.294 e. The first-order valence-corrected chi connectivity index (χ1v) is 5.85. The Bertz CT molecular complexity index is 575. The number of benzene rings is 1. The highest BCUT2D eigenvalue weighted by Crippen LogP contribution is 2.15. The molecule has 3 nitrogen and oxygen atoms in total. The predicted octanol–water partition coefficient (Wildman–Crippen LogP) is 2.68. The Balaban J connectivity index is 2.09. The highest BCUT2D eigenvalue weighted by molar-refractivity contribution is 5.96. The number of hydrogen-bond acceptors (Lipinski definition) is 2. The summed E-state index contributed by atoms with van der Waals surface area (Å²) in [5.41, 5.74) is 1.65. The lowest BCUT2D eigenvalue weighted by Gasteiger charge is -2.05. The van der Waals surface area contributed by atoms with E-state index in [1.807, 2.05) is 13.1 Å². The molecule has 4 heteroatoms. The Labute approximate surface area is 105 Å². The van der Waals surface area contributed by atoms with E-state index < -0.39 is 5.82 Å². The van der Waals surface area contributed by atoms with Gasteiger partial charge in [0, 0.05) is 25.4 Å². The van der Waals surface area contributed by atoms with Crippen molar-refractivity contribution in [2.45, 2.75) is 19.8 Å². The zero-order valence-corrected chi connectivity index (χ0v) is 10.5. The third-order valence-corrected chi connectivity index (χ3v) is 3.02. The smallest absolute Gasteiger partial charge is 0.166 e. The molecule has 18 heavy (non-hydrogen) atoms. The number of Topliss-reactive ketones (excluding diaryl/α,β-unsaturated/α-hetero) is 1. The van der Waals surface area contributed by atoms with Gasteiger partial charge in [-0.1, -0.05) is 12.1 Å². The summed E-state index contributed by atoms with van der Waals surface area (Å²) in [5, 5.41) is 4.03. The fourth-order valence-corrected chi connectivity index (χ4v) is 1.89. The van der Waals surface area contributed by atoms with Crippen molar-refractivity contribution < 1.29 is 9.18 Å². The van der Waals surface area contributed by atoms with Gasteiger partial charge in [-0.05, 0) is 31.0 Å². The van der Waals surface area contributed by atoms with Gasteiger partial charge in [-0.2, -0.15) is 5.10 Å². The standard InChI is InChI=1S/C14H15FN2O/c1-10-4-3-5-12(14(10)15)13(18)7-6-11-8-9-16-17(11)2/h3-5,8-9H,6-7H2,1-2H3. The first kappa shape index (κ1) is 12.5. The lowest BCUT2D eigenvalue weighted by molar-refractivity contribution is 0.0978. The molecule has 0 radical (unpaired) electrons. The molecule has 1 heterocycles. The van der Waals surface area contributed by atoms with Crippen molar-refractivity contribution in [3.05, 3.63) is 53.1 Å². The van der Waals surface area contributed by atoms with Crippen LogP contribution in [0.15, 0.2) is 30.5 Å². The molecular formula is C14H15FN2O. The summed E-state index contributed by atoms with van der Waals surface area (Å²) in [5.74, 6) is -0.579. The Morgan fingerprint density at radius 1 is 1.39 bits per heavy atom. The van der Waals surface area contributed by atoms with Crippen LogP contribution < -0.4 is 0 Å². The highest BCUT2D eigenvalue weighted by atomic mass is 19.1. The number of halogens is 1. The molecule has 0 saturated carbocycles. The van der Waals surface area contributed by atoms with Crippen molar-refractivity contribution in [2.75, 3.05) is 0 Å². The summed E-state index contributed by atoms with van der Waals surface area (Å²) in [4.78, 5) is 12.0. The Morgan fingerprint density at radius 3 is 2.83 bits per heavy atom. The summed E-state index contributed by atoms with van der Waals surface area (Å²) in [6.07, 6.45) is 2.55. The molecule has 0 aliphatic rings. The van der Waals surface area contributed by atoms with Gasteiger partial charge in [0.2, 0.25) is 0 Å². The van der Waals surface area contributed by atoms with E-state index in [4.69, 9.17) is 0 Å². The normalized spacial score (nSPS) is 10.6. The maximum absolute atomic E-state index is 13.8. The van der Waals surface area contributed by atoms with Crippen LogP contribution in [0.25, 0.3) is 0 Å². The molecule has 0 unspecified atom stereocenters. The van der Waals surface area contributed by atoms with Gasteiger partial charge >= 0.3 is 0 Å². The minimum absolute atomic E-state index is 0.169. The van der Waals surface area contributed by atoms with Gasteiger partial charge in [-0.25, -0.2) is 4.39 Å². The maximum atomic E-state index is 13.8. The van der Waals surface area contributed by atoms with E-state index in [1.54, 1.807) is 29.9 Å². The molecule has 0 saturated heterocycles. The van der Waals surface area contributed by atoms with Crippen molar-refractivity contribution >= 4 is 5.78 Å². The van der Waals surface area contributed by atoms with Crippen LogP contribution in [0, 0.1) is 12.7 Å². The molecule has 0 atom stereocenters. The third kappa shape index (κ3) is 2.47. The van der Waals surface area contributed by atoms with Crippen LogP contribution in [-0.4, -0.2) is 15.6 Å². The van der Waals surface area contributed by atoms with Gasteiger partial charge in [0.25, 0.3) is 0 Å². The fourth-order valence-electron chi connectivity index (χ4n) is 1.89. The minimum Gasteiger partial charge on any atom is -0.294 e. The van der Waals surface area contributed by atoms with Crippen LogP contribution in [0.1, 0.15) is 28.0 Å². The first-order valence-electron chi connectivity index (χ1n) is 5.85. The van der Waals surface area contributed by atoms with Crippen LogP contribution >= 0.6 is 0 Å². The van der Waals surface area contributed by atoms with Crippen molar-refractivity contribution in [1.82, 2.24) is 9.78 Å². The van der Waals surface area contributed by atoms with Gasteiger partial charge in [-0.15, -0.1) is 0 Å². The average Bonchev–Trinajstić information content (AvgIpc) is 2.75. The topological polar surface area (TPSA) is 34.9 Å². The van der Waals surface area contributed by atoms with Crippen LogP contribution in [-0.2, 0) is 13.5 Å². The van der Waals surface area contributed by atoms with Crippen LogP contribution in [0.3, 0.4) is 0 Å². The number of nitrogens with zero attached hydrogens (tertiary/aromatic N) is 2. The number of rotatable bonds is 4. The van der Waals surface area contributed by atoms with Gasteiger partial charge < -0.3 is 0 Å². The van der Waals surface area contributed by atoms with Gasteiger partial charge in [0.1, 0.15) is 5.82 Å². The summed E-state index contributed by atoms with van der Waals surface area (Å²) >= 11 is 0. The summed E-state index contributed by atoms with van der Waals surface area (Å²) < 4.78 is 15.5. The van der Waals surface area contributed by atoms with Crippen molar-refractivity contribution in [3.8, 4) is 0 Å². The van der Waals surface area contributed by atoms with E-state index in [1.165, 1.54) is 6.07 Å². The molecule has 94 valence electrons. The van der Waals surface area contributed by atoms with E-state index >= 15 is 0 Å². The van der Waals surface area contributed by atoms with Gasteiger partial charge in [0.05, 0.1) is 5.56 Å². The third-order valence-electron chi connectivity index (χ3n) is 3.02. The number of hydrogen-bond donors (Lipinski definition) is 0. The van der Waals surface area contributed by atoms with Crippen LogP contribution in [0.2, 0.25) is 0 Å². The molecule has 0 aliphatic carbocycles.